The van der Waals surface area contributed by atoms with E-state index in [1.54, 1.807) is 12.2 Å². The van der Waals surface area contributed by atoms with Gasteiger partial charge in [0, 0.05) is 18.3 Å². The molecule has 0 aromatic rings. The Labute approximate surface area is 133 Å². The number of carboxylic acid groups (broad SMARTS) is 1. The molecule has 23 heavy (non-hydrogen) atoms. The van der Waals surface area contributed by atoms with E-state index in [0.29, 0.717) is 18.7 Å². The highest BCUT2D eigenvalue weighted by Gasteiger charge is 2.34. The predicted molar refractivity (Wildman–Crippen MR) is 83.2 cm³/mol. The average Bonchev–Trinajstić information content (AvgIpc) is 2.50. The molecule has 6 N–H and O–H groups in total. The van der Waals surface area contributed by atoms with Crippen LogP contribution in [0.4, 0.5) is 0 Å². The first-order chi connectivity index (χ1) is 10.9. The van der Waals surface area contributed by atoms with Gasteiger partial charge in [-0.25, -0.2) is 4.79 Å². The molecule has 2 unspecified atom stereocenters. The predicted octanol–water partition coefficient (Wildman–Crippen LogP) is -0.0745. The number of ether oxygens (including phenoxy) is 1. The van der Waals surface area contributed by atoms with Gasteiger partial charge in [0.25, 0.3) is 0 Å². The first-order valence-corrected chi connectivity index (χ1v) is 7.27. The summed E-state index contributed by atoms with van der Waals surface area (Å²) in [5, 5.41) is 16.6. The van der Waals surface area contributed by atoms with Crippen molar-refractivity contribution < 1.29 is 19.4 Å². The number of carbonyl (C=O) groups is 2. The molecule has 2 aliphatic rings. The summed E-state index contributed by atoms with van der Waals surface area (Å²) in [5.41, 5.74) is 11.7. The van der Waals surface area contributed by atoms with Gasteiger partial charge in [-0.1, -0.05) is 18.2 Å². The molecule has 0 aromatic carbocycles. The van der Waals surface area contributed by atoms with E-state index in [-0.39, 0.29) is 18.3 Å². The van der Waals surface area contributed by atoms with Gasteiger partial charge in [-0.05, 0) is 18.9 Å². The van der Waals surface area contributed by atoms with Crippen molar-refractivity contribution in [2.75, 3.05) is 6.54 Å². The van der Waals surface area contributed by atoms with Gasteiger partial charge in [0.05, 0.1) is 5.92 Å². The van der Waals surface area contributed by atoms with Crippen LogP contribution < -0.4 is 11.5 Å². The lowest BCUT2D eigenvalue weighted by Crippen LogP contribution is -2.44. The fourth-order valence-electron chi connectivity index (χ4n) is 2.59. The Hall–Kier alpha value is -2.61. The largest absolute Gasteiger partial charge is 0.480 e. The van der Waals surface area contributed by atoms with Crippen LogP contribution >= 0.6 is 0 Å². The third kappa shape index (κ3) is 3.98. The SMILES string of the molecule is N=C(N)N(CCC[C@H](N)C(=O)O)C1=CC(=O)OC2C=CC=CC12. The van der Waals surface area contributed by atoms with Crippen LogP contribution in [0.1, 0.15) is 12.8 Å². The van der Waals surface area contributed by atoms with Crippen molar-refractivity contribution in [3.8, 4) is 0 Å². The highest BCUT2D eigenvalue weighted by atomic mass is 16.5. The number of nitrogens with two attached hydrogens (primary N) is 2. The Morgan fingerprint density at radius 2 is 2.13 bits per heavy atom. The summed E-state index contributed by atoms with van der Waals surface area (Å²) in [5.74, 6) is -1.98. The van der Waals surface area contributed by atoms with Crippen molar-refractivity contribution in [1.29, 1.82) is 5.41 Å². The number of allylic oxidation sites excluding steroid dienone is 2. The minimum absolute atomic E-state index is 0.212. The van der Waals surface area contributed by atoms with Gasteiger partial charge in [0.15, 0.2) is 5.96 Å². The zero-order chi connectivity index (χ0) is 17.0. The lowest BCUT2D eigenvalue weighted by Gasteiger charge is -2.36. The van der Waals surface area contributed by atoms with Crippen molar-refractivity contribution in [2.45, 2.75) is 25.0 Å². The fraction of sp³-hybridized carbons (Fsp3) is 0.400. The van der Waals surface area contributed by atoms with Crippen molar-refractivity contribution in [3.63, 3.8) is 0 Å². The molecule has 1 aliphatic heterocycles. The van der Waals surface area contributed by atoms with Crippen molar-refractivity contribution >= 4 is 17.9 Å². The molecule has 0 saturated heterocycles. The number of hydrogen-bond acceptors (Lipinski definition) is 5. The molecular formula is C15H20N4O4. The van der Waals surface area contributed by atoms with E-state index >= 15 is 0 Å². The maximum Gasteiger partial charge on any atom is 0.333 e. The fourth-order valence-corrected chi connectivity index (χ4v) is 2.59. The number of aliphatic carboxylic acids is 1. The first-order valence-electron chi connectivity index (χ1n) is 7.27. The van der Waals surface area contributed by atoms with Gasteiger partial charge in [0.2, 0.25) is 0 Å². The number of rotatable bonds is 6. The van der Waals surface area contributed by atoms with Crippen LogP contribution in [-0.2, 0) is 14.3 Å². The Balaban J connectivity index is 2.11. The minimum atomic E-state index is -1.07. The third-order valence-electron chi connectivity index (χ3n) is 3.76. The first kappa shape index (κ1) is 16.8. The molecule has 2 rings (SSSR count). The molecule has 0 saturated carbocycles. The molecular weight excluding hydrogens is 300 g/mol. The van der Waals surface area contributed by atoms with E-state index in [1.807, 2.05) is 12.2 Å². The number of fused-ring (bicyclic) bond motifs is 1. The van der Waals surface area contributed by atoms with E-state index in [2.05, 4.69) is 0 Å². The average molecular weight is 320 g/mol. The second-order valence-electron chi connectivity index (χ2n) is 5.39. The monoisotopic (exact) mass is 320 g/mol. The van der Waals surface area contributed by atoms with E-state index in [4.69, 9.17) is 26.7 Å². The minimum Gasteiger partial charge on any atom is -0.480 e. The smallest absolute Gasteiger partial charge is 0.333 e. The van der Waals surface area contributed by atoms with E-state index in [0.717, 1.165) is 0 Å². The maximum atomic E-state index is 11.7. The lowest BCUT2D eigenvalue weighted by atomic mass is 9.91. The van der Waals surface area contributed by atoms with Gasteiger partial charge in [-0.2, -0.15) is 0 Å². The molecule has 1 aliphatic carbocycles. The van der Waals surface area contributed by atoms with Crippen molar-refractivity contribution in [3.05, 3.63) is 36.1 Å². The standard InChI is InChI=1S/C15H20N4O4/c16-10(14(21)22)5-3-7-19(15(17)18)11-8-13(20)23-12-6-2-1-4-9(11)12/h1-2,4,6,8-10,12H,3,5,7,16H2,(H3,17,18)(H,21,22)/t9?,10-,12?/m0/s1. The highest BCUT2D eigenvalue weighted by Crippen LogP contribution is 2.30. The van der Waals surface area contributed by atoms with Crippen LogP contribution in [0.3, 0.4) is 0 Å². The van der Waals surface area contributed by atoms with Crippen LogP contribution in [0.5, 0.6) is 0 Å². The number of nitrogens with one attached hydrogen (secondary N) is 1. The topological polar surface area (TPSA) is 143 Å². The molecule has 0 amide bonds. The summed E-state index contributed by atoms with van der Waals surface area (Å²) in [6, 6.07) is -0.959. The molecule has 0 fully saturated rings. The second-order valence-corrected chi connectivity index (χ2v) is 5.39. The molecule has 0 bridgehead atoms. The molecule has 8 nitrogen and oxygen atoms in total. The second kappa shape index (κ2) is 7.10. The molecule has 8 heteroatoms. The zero-order valence-corrected chi connectivity index (χ0v) is 12.5. The summed E-state index contributed by atoms with van der Waals surface area (Å²) in [6.45, 7) is 0.302. The Morgan fingerprint density at radius 3 is 2.78 bits per heavy atom. The summed E-state index contributed by atoms with van der Waals surface area (Å²) < 4.78 is 5.24. The molecule has 0 spiro atoms. The third-order valence-corrected chi connectivity index (χ3v) is 3.76. The van der Waals surface area contributed by atoms with Gasteiger partial charge >= 0.3 is 11.9 Å². The normalized spacial score (nSPS) is 23.5. The Bertz CT molecular complexity index is 596. The summed E-state index contributed by atoms with van der Waals surface area (Å²) in [7, 11) is 0. The lowest BCUT2D eigenvalue weighted by molar-refractivity contribution is -0.144. The van der Waals surface area contributed by atoms with Crippen LogP contribution in [0.2, 0.25) is 0 Å². The number of hydrogen-bond donors (Lipinski definition) is 4. The maximum absolute atomic E-state index is 11.7. The van der Waals surface area contributed by atoms with Gasteiger partial charge < -0.3 is 26.2 Å². The number of carboxylic acids is 1. The summed E-state index contributed by atoms with van der Waals surface area (Å²) in [6.07, 6.45) is 8.86. The van der Waals surface area contributed by atoms with Gasteiger partial charge in [0.1, 0.15) is 12.1 Å². The molecule has 0 radical (unpaired) electrons. The van der Waals surface area contributed by atoms with Crippen LogP contribution in [0.25, 0.3) is 0 Å². The van der Waals surface area contributed by atoms with Crippen molar-refractivity contribution in [1.82, 2.24) is 4.90 Å². The number of esters is 1. The van der Waals surface area contributed by atoms with Crippen molar-refractivity contribution in [2.24, 2.45) is 17.4 Å². The molecule has 124 valence electrons. The van der Waals surface area contributed by atoms with Gasteiger partial charge in [-0.15, -0.1) is 0 Å². The summed E-state index contributed by atoms with van der Waals surface area (Å²) in [4.78, 5) is 24.0. The number of nitrogens with zero attached hydrogens (tertiary/aromatic N) is 1. The quantitative estimate of drug-likeness (QED) is 0.304. The Morgan fingerprint density at radius 1 is 1.43 bits per heavy atom. The highest BCUT2D eigenvalue weighted by molar-refractivity contribution is 5.86. The van der Waals surface area contributed by atoms with Crippen LogP contribution in [-0.4, -0.2) is 46.6 Å². The Kier molecular flexibility index (Phi) is 5.17. The zero-order valence-electron chi connectivity index (χ0n) is 12.5. The molecule has 0 aromatic heterocycles. The van der Waals surface area contributed by atoms with Crippen LogP contribution in [0, 0.1) is 11.3 Å². The van der Waals surface area contributed by atoms with Gasteiger partial charge in [-0.3, -0.25) is 10.2 Å². The van der Waals surface area contributed by atoms with Crippen LogP contribution in [0.15, 0.2) is 36.1 Å². The number of guanidine groups is 1. The molecule has 1 heterocycles. The van der Waals surface area contributed by atoms with E-state index in [9.17, 15) is 9.59 Å². The summed E-state index contributed by atoms with van der Waals surface area (Å²) >= 11 is 0. The number of carbonyl (C=O) groups excluding carboxylic acids is 1. The van der Waals surface area contributed by atoms with E-state index in [1.165, 1.54) is 11.0 Å². The van der Waals surface area contributed by atoms with E-state index < -0.39 is 24.1 Å². The molecule has 3 atom stereocenters.